The van der Waals surface area contributed by atoms with E-state index >= 15 is 0 Å². The zero-order chi connectivity index (χ0) is 7.98. The van der Waals surface area contributed by atoms with Crippen LogP contribution < -0.4 is 5.73 Å². The molecule has 0 heterocycles. The molecule has 2 nitrogen and oxygen atoms in total. The Hall–Kier alpha value is 0.330. The van der Waals surface area contributed by atoms with Crippen LogP contribution >= 0.6 is 23.5 Å². The third kappa shape index (κ3) is 4.19. The lowest BCUT2D eigenvalue weighted by molar-refractivity contribution is -0.110. The van der Waals surface area contributed by atoms with Gasteiger partial charge in [0.2, 0.25) is 5.12 Å². The van der Waals surface area contributed by atoms with E-state index in [2.05, 4.69) is 0 Å². The fraction of sp³-hybridized carbons (Fsp3) is 0.833. The summed E-state index contributed by atoms with van der Waals surface area (Å²) in [7, 11) is 0. The van der Waals surface area contributed by atoms with Crippen LogP contribution in [0.4, 0.5) is 0 Å². The lowest BCUT2D eigenvalue weighted by atomic mass is 10.8. The Morgan fingerprint density at radius 3 is 2.50 bits per heavy atom. The first-order valence-electron chi connectivity index (χ1n) is 3.26. The maximum absolute atomic E-state index is 11.0. The normalized spacial score (nSPS) is 13.1. The fourth-order valence-electron chi connectivity index (χ4n) is 0.472. The number of rotatable bonds is 4. The van der Waals surface area contributed by atoms with Gasteiger partial charge in [0.25, 0.3) is 0 Å². The van der Waals surface area contributed by atoms with E-state index < -0.39 is 0 Å². The van der Waals surface area contributed by atoms with E-state index in [0.29, 0.717) is 0 Å². The Morgan fingerprint density at radius 2 is 2.10 bits per heavy atom. The maximum Gasteiger partial charge on any atom is 0.215 e. The summed E-state index contributed by atoms with van der Waals surface area (Å²) in [6.07, 6.45) is 0. The van der Waals surface area contributed by atoms with Crippen LogP contribution in [0.1, 0.15) is 13.8 Å². The summed E-state index contributed by atoms with van der Waals surface area (Å²) < 4.78 is 0. The first-order chi connectivity index (χ1) is 4.72. The minimum atomic E-state index is -0.324. The van der Waals surface area contributed by atoms with Crippen molar-refractivity contribution in [3.05, 3.63) is 0 Å². The molecular formula is C6H13NOS2. The van der Waals surface area contributed by atoms with Gasteiger partial charge in [-0.1, -0.05) is 25.6 Å². The molecule has 0 fully saturated rings. The molecule has 0 aliphatic rings. The number of hydrogen-bond donors (Lipinski definition) is 1. The fourth-order valence-corrected chi connectivity index (χ4v) is 1.82. The zero-order valence-corrected chi connectivity index (χ0v) is 7.93. The van der Waals surface area contributed by atoms with Gasteiger partial charge in [0.15, 0.2) is 0 Å². The first-order valence-corrected chi connectivity index (χ1v) is 5.29. The summed E-state index contributed by atoms with van der Waals surface area (Å²) in [6.45, 7) is 3.94. The van der Waals surface area contributed by atoms with Crippen molar-refractivity contribution in [3.63, 3.8) is 0 Å². The lowest BCUT2D eigenvalue weighted by Gasteiger charge is -2.05. The van der Waals surface area contributed by atoms with Crippen molar-refractivity contribution in [1.29, 1.82) is 0 Å². The molecular weight excluding hydrogens is 166 g/mol. The highest BCUT2D eigenvalue weighted by Gasteiger charge is 2.11. The second-order valence-corrected chi connectivity index (χ2v) is 4.31. The monoisotopic (exact) mass is 179 g/mol. The second-order valence-electron chi connectivity index (χ2n) is 1.63. The summed E-state index contributed by atoms with van der Waals surface area (Å²) in [4.78, 5) is 11.0. The number of hydrogen-bond acceptors (Lipinski definition) is 4. The van der Waals surface area contributed by atoms with Crippen LogP contribution in [0.2, 0.25) is 0 Å². The summed E-state index contributed by atoms with van der Waals surface area (Å²) in [5, 5.41) is -0.232. The molecule has 0 aromatic rings. The average molecular weight is 179 g/mol. The Labute approximate surface area is 70.3 Å². The molecule has 1 unspecified atom stereocenters. The van der Waals surface area contributed by atoms with E-state index in [-0.39, 0.29) is 10.5 Å². The highest BCUT2D eigenvalue weighted by molar-refractivity contribution is 8.16. The Bertz CT molecular complexity index is 108. The van der Waals surface area contributed by atoms with E-state index in [1.165, 1.54) is 23.5 Å². The Morgan fingerprint density at radius 1 is 1.50 bits per heavy atom. The van der Waals surface area contributed by atoms with Crippen LogP contribution in [0.3, 0.4) is 0 Å². The van der Waals surface area contributed by atoms with Crippen LogP contribution in [0.15, 0.2) is 0 Å². The smallest absolute Gasteiger partial charge is 0.215 e. The Balaban J connectivity index is 3.49. The molecule has 0 amide bonds. The van der Waals surface area contributed by atoms with Crippen LogP contribution in [-0.2, 0) is 4.79 Å². The molecule has 0 aromatic heterocycles. The van der Waals surface area contributed by atoms with E-state index in [9.17, 15) is 4.79 Å². The van der Waals surface area contributed by atoms with Crippen LogP contribution in [0.5, 0.6) is 0 Å². The van der Waals surface area contributed by atoms with E-state index in [4.69, 9.17) is 5.73 Å². The van der Waals surface area contributed by atoms with Gasteiger partial charge < -0.3 is 5.73 Å². The lowest BCUT2D eigenvalue weighted by Crippen LogP contribution is -2.24. The molecule has 0 aliphatic heterocycles. The van der Waals surface area contributed by atoms with Gasteiger partial charge in [0.05, 0.1) is 0 Å². The van der Waals surface area contributed by atoms with Crippen LogP contribution in [-0.4, -0.2) is 22.0 Å². The van der Waals surface area contributed by atoms with Crippen molar-refractivity contribution in [1.82, 2.24) is 0 Å². The maximum atomic E-state index is 11.0. The molecule has 0 bridgehead atoms. The van der Waals surface area contributed by atoms with Crippen LogP contribution in [0.25, 0.3) is 0 Å². The molecule has 0 saturated carbocycles. The van der Waals surface area contributed by atoms with Crippen molar-refractivity contribution < 1.29 is 4.79 Å². The first kappa shape index (κ1) is 10.3. The summed E-state index contributed by atoms with van der Waals surface area (Å²) in [6, 6.07) is 0. The molecule has 10 heavy (non-hydrogen) atoms. The van der Waals surface area contributed by atoms with Gasteiger partial charge in [0.1, 0.15) is 5.37 Å². The molecule has 0 radical (unpaired) electrons. The molecule has 2 N–H and O–H groups in total. The second kappa shape index (κ2) is 6.07. The van der Waals surface area contributed by atoms with E-state index in [1.807, 2.05) is 13.8 Å². The SMILES string of the molecule is CCSC(=O)C(N)SCC. The highest BCUT2D eigenvalue weighted by Crippen LogP contribution is 2.12. The topological polar surface area (TPSA) is 43.1 Å². The number of nitrogens with two attached hydrogens (primary N) is 1. The molecule has 0 aromatic carbocycles. The largest absolute Gasteiger partial charge is 0.312 e. The Kier molecular flexibility index (Phi) is 6.27. The predicted molar refractivity (Wildman–Crippen MR) is 49.2 cm³/mol. The minimum absolute atomic E-state index is 0.0920. The van der Waals surface area contributed by atoms with Crippen molar-refractivity contribution in [2.45, 2.75) is 19.2 Å². The van der Waals surface area contributed by atoms with Gasteiger partial charge in [-0.3, -0.25) is 4.79 Å². The quantitative estimate of drug-likeness (QED) is 0.661. The average Bonchev–Trinajstić information content (AvgIpc) is 1.89. The van der Waals surface area contributed by atoms with Crippen molar-refractivity contribution in [2.75, 3.05) is 11.5 Å². The predicted octanol–water partition coefficient (Wildman–Crippen LogP) is 1.30. The third-order valence-electron chi connectivity index (χ3n) is 0.865. The van der Waals surface area contributed by atoms with Gasteiger partial charge in [0, 0.05) is 0 Å². The third-order valence-corrected chi connectivity index (χ3v) is 2.75. The van der Waals surface area contributed by atoms with Crippen molar-refractivity contribution in [3.8, 4) is 0 Å². The molecule has 0 spiro atoms. The number of carbonyl (C=O) groups is 1. The molecule has 0 aliphatic carbocycles. The van der Waals surface area contributed by atoms with Crippen molar-refractivity contribution >= 4 is 28.6 Å². The number of thioether (sulfide) groups is 2. The minimum Gasteiger partial charge on any atom is -0.312 e. The van der Waals surface area contributed by atoms with Crippen LogP contribution in [0, 0.1) is 0 Å². The molecule has 0 saturated heterocycles. The molecule has 0 rings (SSSR count). The van der Waals surface area contributed by atoms with Crippen molar-refractivity contribution in [2.24, 2.45) is 5.73 Å². The summed E-state index contributed by atoms with van der Waals surface area (Å²) in [5.74, 6) is 1.72. The van der Waals surface area contributed by atoms with Gasteiger partial charge >= 0.3 is 0 Å². The van der Waals surface area contributed by atoms with E-state index in [1.54, 1.807) is 0 Å². The highest BCUT2D eigenvalue weighted by atomic mass is 32.2. The standard InChI is InChI=1S/C6H13NOS2/c1-3-9-5(7)6(8)10-4-2/h5H,3-4,7H2,1-2H3. The number of carbonyl (C=O) groups excluding carboxylic acids is 1. The van der Waals surface area contributed by atoms with Gasteiger partial charge in [-0.15, -0.1) is 11.8 Å². The van der Waals surface area contributed by atoms with Gasteiger partial charge in [-0.05, 0) is 11.5 Å². The zero-order valence-electron chi connectivity index (χ0n) is 6.29. The van der Waals surface area contributed by atoms with Gasteiger partial charge in [-0.2, -0.15) is 0 Å². The molecule has 60 valence electrons. The van der Waals surface area contributed by atoms with Gasteiger partial charge in [-0.25, -0.2) is 0 Å². The molecule has 4 heteroatoms. The van der Waals surface area contributed by atoms with E-state index in [0.717, 1.165) is 11.5 Å². The molecule has 1 atom stereocenters. The summed E-state index contributed by atoms with van der Waals surface area (Å²) >= 11 is 2.78. The summed E-state index contributed by atoms with van der Waals surface area (Å²) in [5.41, 5.74) is 5.51.